The van der Waals surface area contributed by atoms with Gasteiger partial charge in [-0.1, -0.05) is 0 Å². The van der Waals surface area contributed by atoms with Gasteiger partial charge in [-0.05, 0) is 25.1 Å². The van der Waals surface area contributed by atoms with E-state index < -0.39 is 30.1 Å². The second-order valence-electron chi connectivity index (χ2n) is 7.88. The molecule has 0 unspecified atom stereocenters. The Labute approximate surface area is 199 Å². The zero-order valence-corrected chi connectivity index (χ0v) is 18.6. The fourth-order valence-corrected chi connectivity index (χ4v) is 4.01. The molecule has 4 aromatic heterocycles. The molecular formula is C23H17F4N7O2. The molecule has 3 N–H and O–H groups in total. The summed E-state index contributed by atoms with van der Waals surface area (Å²) in [6.45, 7) is 2.35. The van der Waals surface area contributed by atoms with E-state index in [1.54, 1.807) is 0 Å². The van der Waals surface area contributed by atoms with Crippen LogP contribution in [0.2, 0.25) is 0 Å². The van der Waals surface area contributed by atoms with E-state index in [2.05, 4.69) is 30.4 Å². The van der Waals surface area contributed by atoms with Gasteiger partial charge in [-0.3, -0.25) is 4.79 Å². The minimum Gasteiger partial charge on any atom is -0.481 e. The van der Waals surface area contributed by atoms with E-state index in [0.717, 1.165) is 16.9 Å². The van der Waals surface area contributed by atoms with E-state index in [1.807, 2.05) is 6.92 Å². The maximum atomic E-state index is 14.6. The van der Waals surface area contributed by atoms with E-state index in [1.165, 1.54) is 30.7 Å². The number of anilines is 1. The van der Waals surface area contributed by atoms with Gasteiger partial charge in [0.25, 0.3) is 0 Å². The number of aliphatic carboxylic acids is 1. The summed E-state index contributed by atoms with van der Waals surface area (Å²) in [6.07, 6.45) is 0.207. The summed E-state index contributed by atoms with van der Waals surface area (Å²) in [5, 5.41) is 16.5. The normalized spacial score (nSPS) is 11.9. The molecule has 0 fully saturated rings. The highest BCUT2D eigenvalue weighted by Crippen LogP contribution is 2.39. The Morgan fingerprint density at radius 2 is 1.92 bits per heavy atom. The van der Waals surface area contributed by atoms with Crippen LogP contribution in [0.4, 0.5) is 23.2 Å². The molecule has 5 rings (SSSR count). The molecule has 0 aliphatic carbocycles. The first-order chi connectivity index (χ1) is 17.2. The zero-order valence-electron chi connectivity index (χ0n) is 18.6. The molecule has 0 amide bonds. The Hall–Kier alpha value is -4.55. The average molecular weight is 499 g/mol. The van der Waals surface area contributed by atoms with Gasteiger partial charge in [0.1, 0.15) is 23.7 Å². The molecule has 9 nitrogen and oxygen atoms in total. The van der Waals surface area contributed by atoms with Gasteiger partial charge in [0.15, 0.2) is 5.69 Å². The Kier molecular flexibility index (Phi) is 5.54. The number of fused-ring (bicyclic) bond motifs is 3. The summed E-state index contributed by atoms with van der Waals surface area (Å²) >= 11 is 0. The van der Waals surface area contributed by atoms with Crippen LogP contribution in [0.15, 0.2) is 43.0 Å². The van der Waals surface area contributed by atoms with Crippen molar-refractivity contribution in [3.8, 4) is 16.8 Å². The number of benzene rings is 1. The van der Waals surface area contributed by atoms with Crippen LogP contribution in [-0.4, -0.2) is 47.3 Å². The summed E-state index contributed by atoms with van der Waals surface area (Å²) < 4.78 is 55.7. The van der Waals surface area contributed by atoms with E-state index in [-0.39, 0.29) is 11.5 Å². The van der Waals surface area contributed by atoms with Crippen molar-refractivity contribution in [2.24, 2.45) is 0 Å². The van der Waals surface area contributed by atoms with E-state index >= 15 is 0 Å². The lowest BCUT2D eigenvalue weighted by atomic mass is 10.0. The zero-order chi connectivity index (χ0) is 25.6. The molecule has 0 spiro atoms. The van der Waals surface area contributed by atoms with E-state index in [9.17, 15) is 22.4 Å². The molecule has 0 saturated carbocycles. The van der Waals surface area contributed by atoms with Crippen LogP contribution in [0.25, 0.3) is 38.8 Å². The second-order valence-corrected chi connectivity index (χ2v) is 7.88. The standard InChI is InChI=1S/C23H17F4N7O2/c1-2-28-15-6-12(24)5-13-19-21(34-4-3-16(33-34)23(25,26)27)14(10-31-22(19)32-20(13)15)11-8-29-17(30-9-11)7-18(35)36/h3-6,8-10,28H,2,7H2,1H3,(H,31,32)(H,35,36). The summed E-state index contributed by atoms with van der Waals surface area (Å²) in [6, 6.07) is 3.42. The predicted octanol–water partition coefficient (Wildman–Crippen LogP) is 4.58. The highest BCUT2D eigenvalue weighted by molar-refractivity contribution is 6.15. The minimum absolute atomic E-state index is 0.0599. The minimum atomic E-state index is -4.68. The van der Waals surface area contributed by atoms with Crippen molar-refractivity contribution in [3.63, 3.8) is 0 Å². The maximum absolute atomic E-state index is 14.6. The van der Waals surface area contributed by atoms with Crippen LogP contribution in [0, 0.1) is 5.82 Å². The number of hydrogen-bond acceptors (Lipinski definition) is 6. The third-order valence-electron chi connectivity index (χ3n) is 5.47. The van der Waals surface area contributed by atoms with E-state index in [0.29, 0.717) is 45.3 Å². The Bertz CT molecular complexity index is 1610. The maximum Gasteiger partial charge on any atom is 0.435 e. The molecule has 0 bridgehead atoms. The highest BCUT2D eigenvalue weighted by Gasteiger charge is 2.34. The largest absolute Gasteiger partial charge is 0.481 e. The average Bonchev–Trinajstić information content (AvgIpc) is 3.44. The molecule has 36 heavy (non-hydrogen) atoms. The van der Waals surface area contributed by atoms with Gasteiger partial charge < -0.3 is 15.4 Å². The molecule has 1 aromatic carbocycles. The van der Waals surface area contributed by atoms with Gasteiger partial charge in [0.05, 0.1) is 22.3 Å². The number of aromatic amines is 1. The number of aromatic nitrogens is 6. The number of alkyl halides is 3. The molecule has 0 saturated heterocycles. The highest BCUT2D eigenvalue weighted by atomic mass is 19.4. The van der Waals surface area contributed by atoms with Crippen LogP contribution in [0.5, 0.6) is 0 Å². The van der Waals surface area contributed by atoms with Crippen molar-refractivity contribution in [2.75, 3.05) is 11.9 Å². The topological polar surface area (TPSA) is 122 Å². The number of halogens is 4. The number of carboxylic acid groups (broad SMARTS) is 1. The molecule has 0 aliphatic rings. The Morgan fingerprint density at radius 3 is 2.56 bits per heavy atom. The number of pyridine rings is 1. The molecule has 184 valence electrons. The monoisotopic (exact) mass is 499 g/mol. The van der Waals surface area contributed by atoms with Gasteiger partial charge in [0, 0.05) is 47.8 Å². The van der Waals surface area contributed by atoms with Gasteiger partial charge in [0.2, 0.25) is 0 Å². The number of nitrogens with zero attached hydrogens (tertiary/aromatic N) is 5. The lowest BCUT2D eigenvalue weighted by molar-refractivity contribution is -0.141. The van der Waals surface area contributed by atoms with Crippen molar-refractivity contribution < 1.29 is 27.5 Å². The molecule has 4 heterocycles. The number of carbonyl (C=O) groups is 1. The van der Waals surface area contributed by atoms with Crippen molar-refractivity contribution in [1.82, 2.24) is 29.7 Å². The molecular weight excluding hydrogens is 482 g/mol. The first-order valence-electron chi connectivity index (χ1n) is 10.7. The third kappa shape index (κ3) is 4.08. The van der Waals surface area contributed by atoms with Crippen LogP contribution in [-0.2, 0) is 17.4 Å². The first-order valence-corrected chi connectivity index (χ1v) is 10.7. The quantitative estimate of drug-likeness (QED) is 0.293. The van der Waals surface area contributed by atoms with Crippen LogP contribution in [0.1, 0.15) is 18.4 Å². The Balaban J connectivity index is 1.82. The summed E-state index contributed by atoms with van der Waals surface area (Å²) in [4.78, 5) is 26.6. The van der Waals surface area contributed by atoms with Crippen molar-refractivity contribution >= 4 is 33.6 Å². The first kappa shape index (κ1) is 23.2. The van der Waals surface area contributed by atoms with Gasteiger partial charge in [-0.2, -0.15) is 18.3 Å². The molecule has 5 aromatic rings. The number of rotatable bonds is 6. The lowest BCUT2D eigenvalue weighted by Crippen LogP contribution is -2.08. The molecule has 0 atom stereocenters. The number of H-pyrrole nitrogens is 1. The van der Waals surface area contributed by atoms with Crippen LogP contribution >= 0.6 is 0 Å². The van der Waals surface area contributed by atoms with Crippen molar-refractivity contribution in [2.45, 2.75) is 19.5 Å². The molecule has 0 radical (unpaired) electrons. The van der Waals surface area contributed by atoms with Crippen molar-refractivity contribution in [1.29, 1.82) is 0 Å². The van der Waals surface area contributed by atoms with Crippen LogP contribution < -0.4 is 5.32 Å². The summed E-state index contributed by atoms with van der Waals surface area (Å²) in [5.74, 6) is -1.60. The third-order valence-corrected chi connectivity index (χ3v) is 5.47. The van der Waals surface area contributed by atoms with Crippen LogP contribution in [0.3, 0.4) is 0 Å². The fraction of sp³-hybridized carbons (Fsp3) is 0.174. The van der Waals surface area contributed by atoms with Crippen molar-refractivity contribution in [3.05, 3.63) is 60.3 Å². The molecule has 13 heteroatoms. The smallest absolute Gasteiger partial charge is 0.435 e. The lowest BCUT2D eigenvalue weighted by Gasteiger charge is -2.12. The molecule has 0 aliphatic heterocycles. The van der Waals surface area contributed by atoms with Gasteiger partial charge >= 0.3 is 12.1 Å². The number of nitrogens with one attached hydrogen (secondary N) is 2. The number of carboxylic acids is 1. The van der Waals surface area contributed by atoms with Gasteiger partial charge in [-0.25, -0.2) is 24.0 Å². The predicted molar refractivity (Wildman–Crippen MR) is 122 cm³/mol. The Morgan fingerprint density at radius 1 is 1.17 bits per heavy atom. The summed E-state index contributed by atoms with van der Waals surface area (Å²) in [7, 11) is 0. The number of hydrogen-bond donors (Lipinski definition) is 3. The fourth-order valence-electron chi connectivity index (χ4n) is 4.01. The summed E-state index contributed by atoms with van der Waals surface area (Å²) in [5.41, 5.74) is 1.06. The van der Waals surface area contributed by atoms with Gasteiger partial charge in [-0.15, -0.1) is 0 Å². The van der Waals surface area contributed by atoms with E-state index in [4.69, 9.17) is 5.11 Å². The SMILES string of the molecule is CCNc1cc(F)cc2c1[nH]c1ncc(-c3cnc(CC(=O)O)nc3)c(-n3ccc(C(F)(F)F)n3)c12. The second kappa shape index (κ2) is 8.59.